The molecule has 0 radical (unpaired) electrons. The lowest BCUT2D eigenvalue weighted by Crippen LogP contribution is -2.23. The Labute approximate surface area is 108 Å². The van der Waals surface area contributed by atoms with Gasteiger partial charge in [0.15, 0.2) is 0 Å². The Hall–Kier alpha value is -0.510. The van der Waals surface area contributed by atoms with Gasteiger partial charge in [-0.3, -0.25) is 0 Å². The van der Waals surface area contributed by atoms with Gasteiger partial charge in [0.1, 0.15) is 0 Å². The molecular formula is C14H22N2S. The Balaban J connectivity index is 2.01. The van der Waals surface area contributed by atoms with E-state index in [-0.39, 0.29) is 6.04 Å². The summed E-state index contributed by atoms with van der Waals surface area (Å²) in [6.07, 6.45) is 1.20. The minimum Gasteiger partial charge on any atom is -0.324 e. The van der Waals surface area contributed by atoms with Crippen molar-refractivity contribution in [1.29, 1.82) is 0 Å². The summed E-state index contributed by atoms with van der Waals surface area (Å²) in [5.74, 6) is 0.596. The van der Waals surface area contributed by atoms with E-state index in [4.69, 9.17) is 5.73 Å². The van der Waals surface area contributed by atoms with Gasteiger partial charge in [-0.1, -0.05) is 26.0 Å². The summed E-state index contributed by atoms with van der Waals surface area (Å²) in [6, 6.07) is 8.95. The molecule has 1 aliphatic heterocycles. The van der Waals surface area contributed by atoms with Crippen LogP contribution in [0.1, 0.15) is 31.9 Å². The van der Waals surface area contributed by atoms with E-state index in [1.165, 1.54) is 16.9 Å². The molecule has 1 saturated heterocycles. The van der Waals surface area contributed by atoms with Crippen molar-refractivity contribution >= 4 is 11.8 Å². The number of nitrogens with one attached hydrogen (secondary N) is 1. The zero-order valence-corrected chi connectivity index (χ0v) is 11.5. The largest absolute Gasteiger partial charge is 0.324 e. The minimum absolute atomic E-state index is 0.183. The summed E-state index contributed by atoms with van der Waals surface area (Å²) in [5, 5.41) is 4.01. The van der Waals surface area contributed by atoms with Gasteiger partial charge in [-0.05, 0) is 43.1 Å². The van der Waals surface area contributed by atoms with Gasteiger partial charge in [-0.15, -0.1) is 11.8 Å². The van der Waals surface area contributed by atoms with Crippen LogP contribution in [0.4, 0.5) is 0 Å². The molecule has 0 saturated carbocycles. The van der Waals surface area contributed by atoms with E-state index < -0.39 is 0 Å². The van der Waals surface area contributed by atoms with Crippen LogP contribution in [0.15, 0.2) is 29.2 Å². The normalized spacial score (nSPS) is 22.0. The van der Waals surface area contributed by atoms with Gasteiger partial charge in [-0.25, -0.2) is 0 Å². The predicted molar refractivity (Wildman–Crippen MR) is 75.3 cm³/mol. The molecule has 94 valence electrons. The van der Waals surface area contributed by atoms with Crippen molar-refractivity contribution in [3.05, 3.63) is 29.8 Å². The monoisotopic (exact) mass is 250 g/mol. The maximum atomic E-state index is 6.30. The van der Waals surface area contributed by atoms with E-state index in [9.17, 15) is 0 Å². The van der Waals surface area contributed by atoms with Crippen LogP contribution in [0, 0.1) is 5.92 Å². The summed E-state index contributed by atoms with van der Waals surface area (Å²) < 4.78 is 0. The Kier molecular flexibility index (Phi) is 4.48. The highest BCUT2D eigenvalue weighted by atomic mass is 32.2. The standard InChI is InChI=1S/C14H22N2S/c1-10(2)17-13-5-3-11(4-6-13)14(15)12-7-8-16-9-12/h3-6,10,12,14,16H,7-9,15H2,1-2H3. The van der Waals surface area contributed by atoms with Crippen LogP contribution >= 0.6 is 11.8 Å². The molecule has 2 nitrogen and oxygen atoms in total. The number of rotatable bonds is 4. The summed E-state index contributed by atoms with van der Waals surface area (Å²) in [4.78, 5) is 1.33. The second-order valence-corrected chi connectivity index (χ2v) is 6.66. The quantitative estimate of drug-likeness (QED) is 0.807. The van der Waals surface area contributed by atoms with Gasteiger partial charge < -0.3 is 11.1 Å². The first kappa shape index (κ1) is 12.9. The molecule has 1 fully saturated rings. The fraction of sp³-hybridized carbons (Fsp3) is 0.571. The van der Waals surface area contributed by atoms with E-state index in [0.717, 1.165) is 13.1 Å². The molecular weight excluding hydrogens is 228 g/mol. The average molecular weight is 250 g/mol. The molecule has 3 N–H and O–H groups in total. The van der Waals surface area contributed by atoms with Crippen molar-refractivity contribution < 1.29 is 0 Å². The second kappa shape index (κ2) is 5.89. The molecule has 3 heteroatoms. The Bertz CT molecular complexity index is 342. The molecule has 0 spiro atoms. The van der Waals surface area contributed by atoms with E-state index in [0.29, 0.717) is 11.2 Å². The lowest BCUT2D eigenvalue weighted by atomic mass is 9.93. The van der Waals surface area contributed by atoms with Crippen LogP contribution in [0.25, 0.3) is 0 Å². The third-order valence-corrected chi connectivity index (χ3v) is 4.26. The number of nitrogens with two attached hydrogens (primary N) is 1. The highest BCUT2D eigenvalue weighted by Crippen LogP contribution is 2.28. The van der Waals surface area contributed by atoms with Crippen molar-refractivity contribution in [2.75, 3.05) is 13.1 Å². The number of benzene rings is 1. The topological polar surface area (TPSA) is 38.0 Å². The van der Waals surface area contributed by atoms with Crippen molar-refractivity contribution in [3.8, 4) is 0 Å². The Morgan fingerprint density at radius 1 is 1.29 bits per heavy atom. The van der Waals surface area contributed by atoms with Gasteiger partial charge in [-0.2, -0.15) is 0 Å². The second-order valence-electron chi connectivity index (χ2n) is 5.01. The highest BCUT2D eigenvalue weighted by molar-refractivity contribution is 7.99. The van der Waals surface area contributed by atoms with Crippen LogP contribution in [-0.2, 0) is 0 Å². The fourth-order valence-electron chi connectivity index (χ4n) is 2.30. The van der Waals surface area contributed by atoms with Crippen molar-refractivity contribution in [2.45, 2.75) is 36.5 Å². The lowest BCUT2D eigenvalue weighted by Gasteiger charge is -2.19. The molecule has 2 rings (SSSR count). The van der Waals surface area contributed by atoms with Gasteiger partial charge in [0, 0.05) is 16.2 Å². The Morgan fingerprint density at radius 2 is 2.00 bits per heavy atom. The van der Waals surface area contributed by atoms with Crippen LogP contribution in [0.3, 0.4) is 0 Å². The molecule has 2 unspecified atom stereocenters. The first-order valence-electron chi connectivity index (χ1n) is 6.39. The Morgan fingerprint density at radius 3 is 2.53 bits per heavy atom. The molecule has 0 aromatic heterocycles. The predicted octanol–water partition coefficient (Wildman–Crippen LogP) is 2.80. The first-order valence-corrected chi connectivity index (χ1v) is 7.27. The van der Waals surface area contributed by atoms with Gasteiger partial charge in [0.05, 0.1) is 0 Å². The minimum atomic E-state index is 0.183. The van der Waals surface area contributed by atoms with Crippen molar-refractivity contribution in [1.82, 2.24) is 5.32 Å². The molecule has 0 aliphatic carbocycles. The van der Waals surface area contributed by atoms with Crippen LogP contribution in [-0.4, -0.2) is 18.3 Å². The molecule has 1 aromatic rings. The summed E-state index contributed by atoms with van der Waals surface area (Å²) in [7, 11) is 0. The maximum Gasteiger partial charge on any atom is 0.0336 e. The van der Waals surface area contributed by atoms with Crippen LogP contribution in [0.5, 0.6) is 0 Å². The summed E-state index contributed by atoms with van der Waals surface area (Å²) >= 11 is 1.90. The molecule has 17 heavy (non-hydrogen) atoms. The number of hydrogen-bond acceptors (Lipinski definition) is 3. The van der Waals surface area contributed by atoms with Crippen molar-refractivity contribution in [3.63, 3.8) is 0 Å². The lowest BCUT2D eigenvalue weighted by molar-refractivity contribution is 0.470. The van der Waals surface area contributed by atoms with E-state index in [2.05, 4.69) is 43.4 Å². The molecule has 0 bridgehead atoms. The fourth-order valence-corrected chi connectivity index (χ4v) is 3.13. The third-order valence-electron chi connectivity index (χ3n) is 3.24. The summed E-state index contributed by atoms with van der Waals surface area (Å²) in [5.41, 5.74) is 7.57. The van der Waals surface area contributed by atoms with Gasteiger partial charge >= 0.3 is 0 Å². The number of thioether (sulfide) groups is 1. The van der Waals surface area contributed by atoms with Crippen LogP contribution < -0.4 is 11.1 Å². The molecule has 1 aromatic carbocycles. The zero-order valence-electron chi connectivity index (χ0n) is 10.6. The molecule has 1 aliphatic rings. The molecule has 0 amide bonds. The SMILES string of the molecule is CC(C)Sc1ccc(C(N)C2CCNC2)cc1. The van der Waals surface area contributed by atoms with E-state index in [1.807, 2.05) is 11.8 Å². The van der Waals surface area contributed by atoms with Gasteiger partial charge in [0.25, 0.3) is 0 Å². The van der Waals surface area contributed by atoms with Crippen LogP contribution in [0.2, 0.25) is 0 Å². The van der Waals surface area contributed by atoms with E-state index >= 15 is 0 Å². The van der Waals surface area contributed by atoms with Gasteiger partial charge in [0.2, 0.25) is 0 Å². The first-order chi connectivity index (χ1) is 8.16. The summed E-state index contributed by atoms with van der Waals surface area (Å²) in [6.45, 7) is 6.60. The molecule has 1 heterocycles. The average Bonchev–Trinajstić information content (AvgIpc) is 2.82. The third kappa shape index (κ3) is 3.47. The maximum absolute atomic E-state index is 6.30. The smallest absolute Gasteiger partial charge is 0.0336 e. The van der Waals surface area contributed by atoms with Crippen molar-refractivity contribution in [2.24, 2.45) is 11.7 Å². The highest BCUT2D eigenvalue weighted by Gasteiger charge is 2.22. The zero-order chi connectivity index (χ0) is 12.3. The molecule has 2 atom stereocenters. The number of hydrogen-bond donors (Lipinski definition) is 2. The van der Waals surface area contributed by atoms with E-state index in [1.54, 1.807) is 0 Å².